The van der Waals surface area contributed by atoms with Crippen molar-refractivity contribution in [2.45, 2.75) is 39.1 Å². The highest BCUT2D eigenvalue weighted by molar-refractivity contribution is 5.85. The van der Waals surface area contributed by atoms with Crippen molar-refractivity contribution in [3.05, 3.63) is 29.8 Å². The van der Waals surface area contributed by atoms with Crippen molar-refractivity contribution < 1.29 is 32.6 Å². The van der Waals surface area contributed by atoms with Gasteiger partial charge in [-0.3, -0.25) is 4.79 Å². The first-order chi connectivity index (χ1) is 10.6. The number of carboxylic acid groups (broad SMARTS) is 1. The van der Waals surface area contributed by atoms with Gasteiger partial charge in [0.05, 0.1) is 6.42 Å². The molecule has 0 aliphatic rings. The lowest BCUT2D eigenvalue weighted by Gasteiger charge is -2.20. The molecule has 0 bridgehead atoms. The molecule has 0 fully saturated rings. The Bertz CT molecular complexity index is 560. The van der Waals surface area contributed by atoms with E-state index in [1.807, 2.05) is 0 Å². The molecule has 0 aromatic heterocycles. The largest absolute Gasteiger partial charge is 0.573 e. The summed E-state index contributed by atoms with van der Waals surface area (Å²) in [6, 6.07) is 3.96. The fourth-order valence-corrected chi connectivity index (χ4v) is 1.95. The molecule has 0 spiro atoms. The van der Waals surface area contributed by atoms with Crippen molar-refractivity contribution >= 4 is 11.9 Å². The van der Waals surface area contributed by atoms with E-state index in [4.69, 9.17) is 5.11 Å². The van der Waals surface area contributed by atoms with Gasteiger partial charge in [-0.2, -0.15) is 0 Å². The predicted molar refractivity (Wildman–Crippen MR) is 75.9 cm³/mol. The van der Waals surface area contributed by atoms with E-state index in [9.17, 15) is 22.8 Å². The minimum atomic E-state index is -4.81. The molecule has 1 aromatic rings. The molecule has 0 saturated carbocycles. The molecule has 0 saturated heterocycles. The summed E-state index contributed by atoms with van der Waals surface area (Å²) in [6.45, 7) is 3.49. The number of carbonyl (C=O) groups is 2. The van der Waals surface area contributed by atoms with Crippen molar-refractivity contribution in [2.75, 3.05) is 0 Å². The number of alkyl halides is 3. The van der Waals surface area contributed by atoms with Crippen LogP contribution in [0.25, 0.3) is 0 Å². The number of hydrogen-bond donors (Lipinski definition) is 2. The molecule has 1 amide bonds. The van der Waals surface area contributed by atoms with Crippen molar-refractivity contribution in [2.24, 2.45) is 5.92 Å². The van der Waals surface area contributed by atoms with E-state index in [1.165, 1.54) is 12.1 Å². The van der Waals surface area contributed by atoms with Crippen LogP contribution in [0.15, 0.2) is 24.3 Å². The van der Waals surface area contributed by atoms with Crippen LogP contribution in [0.3, 0.4) is 0 Å². The summed E-state index contributed by atoms with van der Waals surface area (Å²) in [6.07, 6.45) is -4.49. The molecule has 8 heteroatoms. The molecule has 1 aromatic carbocycles. The number of halogens is 3. The number of carboxylic acids is 1. The van der Waals surface area contributed by atoms with Gasteiger partial charge >= 0.3 is 12.3 Å². The molecule has 2 N–H and O–H groups in total. The summed E-state index contributed by atoms with van der Waals surface area (Å²) in [5.74, 6) is -2.43. The van der Waals surface area contributed by atoms with Crippen LogP contribution >= 0.6 is 0 Å². The first-order valence-corrected chi connectivity index (χ1v) is 6.99. The Hall–Kier alpha value is -2.25. The molecular formula is C15H18F3NO4. The summed E-state index contributed by atoms with van der Waals surface area (Å²) >= 11 is 0. The maximum absolute atomic E-state index is 12.2. The second kappa shape index (κ2) is 7.85. The first kappa shape index (κ1) is 18.8. The third kappa shape index (κ3) is 6.58. The monoisotopic (exact) mass is 333 g/mol. The quantitative estimate of drug-likeness (QED) is 0.804. The Morgan fingerprint density at radius 2 is 2.00 bits per heavy atom. The number of nitrogens with one attached hydrogen (secondary N) is 1. The van der Waals surface area contributed by atoms with Crippen molar-refractivity contribution in [1.29, 1.82) is 0 Å². The van der Waals surface area contributed by atoms with Crippen LogP contribution in [-0.4, -0.2) is 29.4 Å². The Kier molecular flexibility index (Phi) is 6.41. The molecule has 2 unspecified atom stereocenters. The first-order valence-electron chi connectivity index (χ1n) is 6.99. The Morgan fingerprint density at radius 1 is 1.35 bits per heavy atom. The minimum absolute atomic E-state index is 0.241. The zero-order valence-corrected chi connectivity index (χ0v) is 12.7. The average Bonchev–Trinajstić information content (AvgIpc) is 2.42. The summed E-state index contributed by atoms with van der Waals surface area (Å²) < 4.78 is 40.2. The topological polar surface area (TPSA) is 75.6 Å². The van der Waals surface area contributed by atoms with Gasteiger partial charge < -0.3 is 15.2 Å². The number of benzene rings is 1. The van der Waals surface area contributed by atoms with E-state index in [-0.39, 0.29) is 17.9 Å². The van der Waals surface area contributed by atoms with Crippen LogP contribution in [0.4, 0.5) is 13.2 Å². The molecule has 128 valence electrons. The van der Waals surface area contributed by atoms with Gasteiger partial charge in [-0.15, -0.1) is 13.2 Å². The van der Waals surface area contributed by atoms with E-state index in [0.717, 1.165) is 12.1 Å². The standard InChI is InChI=1S/C15H18F3NO4/c1-3-9(2)13(14(21)22)19-12(20)8-10-5-4-6-11(7-10)23-15(16,17)18/h4-7,9,13H,3,8H2,1-2H3,(H,19,20)(H,21,22). The number of amides is 1. The maximum Gasteiger partial charge on any atom is 0.573 e. The summed E-state index contributed by atoms with van der Waals surface area (Å²) in [5, 5.41) is 11.5. The minimum Gasteiger partial charge on any atom is -0.480 e. The Morgan fingerprint density at radius 3 is 2.52 bits per heavy atom. The second-order valence-electron chi connectivity index (χ2n) is 5.14. The zero-order valence-electron chi connectivity index (χ0n) is 12.7. The number of aliphatic carboxylic acids is 1. The van der Waals surface area contributed by atoms with E-state index in [2.05, 4.69) is 10.1 Å². The Balaban J connectivity index is 2.73. The number of hydrogen-bond acceptors (Lipinski definition) is 3. The van der Waals surface area contributed by atoms with Gasteiger partial charge in [0.25, 0.3) is 0 Å². The van der Waals surface area contributed by atoms with Gasteiger partial charge in [-0.25, -0.2) is 4.79 Å². The summed E-state index contributed by atoms with van der Waals surface area (Å²) in [7, 11) is 0. The van der Waals surface area contributed by atoms with Crippen LogP contribution < -0.4 is 10.1 Å². The van der Waals surface area contributed by atoms with Gasteiger partial charge in [0.2, 0.25) is 5.91 Å². The van der Waals surface area contributed by atoms with Crippen LogP contribution in [0.5, 0.6) is 5.75 Å². The van der Waals surface area contributed by atoms with Crippen molar-refractivity contribution in [3.63, 3.8) is 0 Å². The normalized spacial score (nSPS) is 14.0. The van der Waals surface area contributed by atoms with Crippen LogP contribution in [0.2, 0.25) is 0 Å². The molecule has 1 rings (SSSR count). The molecule has 0 radical (unpaired) electrons. The summed E-state index contributed by atoms with van der Waals surface area (Å²) in [5.41, 5.74) is 0.289. The molecular weight excluding hydrogens is 315 g/mol. The molecule has 0 heterocycles. The van der Waals surface area contributed by atoms with Crippen LogP contribution in [-0.2, 0) is 16.0 Å². The molecule has 0 aliphatic heterocycles. The summed E-state index contributed by atoms with van der Waals surface area (Å²) in [4.78, 5) is 23.0. The maximum atomic E-state index is 12.2. The highest BCUT2D eigenvalue weighted by atomic mass is 19.4. The van der Waals surface area contributed by atoms with Crippen molar-refractivity contribution in [1.82, 2.24) is 5.32 Å². The second-order valence-corrected chi connectivity index (χ2v) is 5.14. The number of ether oxygens (including phenoxy) is 1. The van der Waals surface area contributed by atoms with Gasteiger partial charge in [-0.05, 0) is 23.6 Å². The Labute approximate surface area is 131 Å². The number of rotatable bonds is 7. The van der Waals surface area contributed by atoms with E-state index >= 15 is 0 Å². The third-order valence-corrected chi connectivity index (χ3v) is 3.29. The van der Waals surface area contributed by atoms with Gasteiger partial charge in [0.1, 0.15) is 11.8 Å². The van der Waals surface area contributed by atoms with Crippen LogP contribution in [0.1, 0.15) is 25.8 Å². The fraction of sp³-hybridized carbons (Fsp3) is 0.467. The SMILES string of the molecule is CCC(C)C(NC(=O)Cc1cccc(OC(F)(F)F)c1)C(=O)O. The molecule has 2 atom stereocenters. The molecule has 5 nitrogen and oxygen atoms in total. The lowest BCUT2D eigenvalue weighted by atomic mass is 9.99. The zero-order chi connectivity index (χ0) is 17.6. The van der Waals surface area contributed by atoms with Gasteiger partial charge in [-0.1, -0.05) is 32.4 Å². The van der Waals surface area contributed by atoms with Crippen molar-refractivity contribution in [3.8, 4) is 5.75 Å². The van der Waals surface area contributed by atoms with Gasteiger partial charge in [0, 0.05) is 0 Å². The van der Waals surface area contributed by atoms with E-state index in [0.29, 0.717) is 6.42 Å². The van der Waals surface area contributed by atoms with E-state index in [1.54, 1.807) is 13.8 Å². The van der Waals surface area contributed by atoms with Crippen LogP contribution in [0, 0.1) is 5.92 Å². The molecule has 0 aliphatic carbocycles. The highest BCUT2D eigenvalue weighted by Crippen LogP contribution is 2.23. The lowest BCUT2D eigenvalue weighted by Crippen LogP contribution is -2.45. The van der Waals surface area contributed by atoms with E-state index < -0.39 is 30.0 Å². The molecule has 23 heavy (non-hydrogen) atoms. The van der Waals surface area contributed by atoms with Gasteiger partial charge in [0.15, 0.2) is 0 Å². The smallest absolute Gasteiger partial charge is 0.480 e. The lowest BCUT2D eigenvalue weighted by molar-refractivity contribution is -0.274. The fourth-order valence-electron chi connectivity index (χ4n) is 1.95. The highest BCUT2D eigenvalue weighted by Gasteiger charge is 2.31. The predicted octanol–water partition coefficient (Wildman–Crippen LogP) is 2.74. The third-order valence-electron chi connectivity index (χ3n) is 3.29. The average molecular weight is 333 g/mol. The number of carbonyl (C=O) groups excluding carboxylic acids is 1.